The highest BCUT2D eigenvalue weighted by Crippen LogP contribution is 2.21. The number of carbonyl (C=O) groups excluding carboxylic acids is 1. The van der Waals surface area contributed by atoms with Crippen molar-refractivity contribution in [1.29, 1.82) is 0 Å². The molecule has 1 fully saturated rings. The van der Waals surface area contributed by atoms with Crippen LogP contribution in [0.3, 0.4) is 0 Å². The molecule has 0 bridgehead atoms. The maximum atomic E-state index is 11.8. The van der Waals surface area contributed by atoms with Crippen molar-refractivity contribution in [2.75, 3.05) is 20.1 Å². The fraction of sp³-hybridized carbons (Fsp3) is 0.667. The van der Waals surface area contributed by atoms with Gasteiger partial charge in [-0.25, -0.2) is 0 Å². The molecule has 19 heavy (non-hydrogen) atoms. The lowest BCUT2D eigenvalue weighted by Crippen LogP contribution is -2.50. The summed E-state index contributed by atoms with van der Waals surface area (Å²) in [7, 11) is 2.15. The Labute approximate surface area is 120 Å². The molecule has 0 saturated carbocycles. The van der Waals surface area contributed by atoms with E-state index in [0.29, 0.717) is 12.0 Å². The molecular formula is C15H24N2OS. The van der Waals surface area contributed by atoms with E-state index in [4.69, 9.17) is 0 Å². The second-order valence-electron chi connectivity index (χ2n) is 6.02. The van der Waals surface area contributed by atoms with Crippen LogP contribution in [0.15, 0.2) is 16.8 Å². The molecule has 2 heterocycles. The number of piperidine rings is 1. The van der Waals surface area contributed by atoms with Crippen molar-refractivity contribution in [3.63, 3.8) is 0 Å². The van der Waals surface area contributed by atoms with Crippen LogP contribution >= 0.6 is 11.3 Å². The standard InChI is InChI=1S/C15H24N2OS/c1-11(2)15(18)16-14-7-13(8-17(3)9-14)6-12-4-5-19-10-12/h4-5,10-11,13-14H,6-9H2,1-3H3,(H,16,18). The summed E-state index contributed by atoms with van der Waals surface area (Å²) in [4.78, 5) is 14.2. The first-order valence-electron chi connectivity index (χ1n) is 7.04. The molecule has 2 unspecified atom stereocenters. The van der Waals surface area contributed by atoms with Crippen LogP contribution in [0.1, 0.15) is 25.8 Å². The molecule has 1 N–H and O–H groups in total. The van der Waals surface area contributed by atoms with E-state index in [1.807, 2.05) is 13.8 Å². The third-order valence-electron chi connectivity index (χ3n) is 3.70. The van der Waals surface area contributed by atoms with Gasteiger partial charge in [-0.15, -0.1) is 0 Å². The van der Waals surface area contributed by atoms with Gasteiger partial charge in [-0.2, -0.15) is 11.3 Å². The Balaban J connectivity index is 1.90. The normalized spacial score (nSPS) is 24.6. The first kappa shape index (κ1) is 14.5. The minimum Gasteiger partial charge on any atom is -0.352 e. The number of nitrogens with zero attached hydrogens (tertiary/aromatic N) is 1. The van der Waals surface area contributed by atoms with Crippen molar-refractivity contribution < 1.29 is 4.79 Å². The molecule has 1 aliphatic heterocycles. The van der Waals surface area contributed by atoms with Gasteiger partial charge in [0.25, 0.3) is 0 Å². The van der Waals surface area contributed by atoms with Gasteiger partial charge in [0, 0.05) is 25.0 Å². The number of likely N-dealkylation sites (N-methyl/N-ethyl adjacent to an activating group) is 1. The number of hydrogen-bond acceptors (Lipinski definition) is 3. The molecule has 1 aromatic rings. The van der Waals surface area contributed by atoms with E-state index < -0.39 is 0 Å². The third-order valence-corrected chi connectivity index (χ3v) is 4.43. The van der Waals surface area contributed by atoms with Gasteiger partial charge in [0.05, 0.1) is 0 Å². The summed E-state index contributed by atoms with van der Waals surface area (Å²) in [5.74, 6) is 0.892. The van der Waals surface area contributed by atoms with E-state index in [-0.39, 0.29) is 11.8 Å². The molecule has 2 rings (SSSR count). The molecule has 2 atom stereocenters. The van der Waals surface area contributed by atoms with Gasteiger partial charge in [-0.05, 0) is 48.2 Å². The number of amides is 1. The van der Waals surface area contributed by atoms with Gasteiger partial charge < -0.3 is 10.2 Å². The average molecular weight is 280 g/mol. The van der Waals surface area contributed by atoms with Gasteiger partial charge >= 0.3 is 0 Å². The van der Waals surface area contributed by atoms with Crippen LogP contribution in [0.2, 0.25) is 0 Å². The number of likely N-dealkylation sites (tertiary alicyclic amines) is 1. The smallest absolute Gasteiger partial charge is 0.222 e. The van der Waals surface area contributed by atoms with E-state index in [9.17, 15) is 4.79 Å². The maximum Gasteiger partial charge on any atom is 0.222 e. The number of nitrogens with one attached hydrogen (secondary N) is 1. The van der Waals surface area contributed by atoms with Gasteiger partial charge in [0.15, 0.2) is 0 Å². The highest BCUT2D eigenvalue weighted by molar-refractivity contribution is 7.07. The molecule has 1 amide bonds. The third kappa shape index (κ3) is 4.32. The number of thiophene rings is 1. The lowest BCUT2D eigenvalue weighted by molar-refractivity contribution is -0.125. The van der Waals surface area contributed by atoms with Crippen LogP contribution < -0.4 is 5.32 Å². The molecule has 0 spiro atoms. The van der Waals surface area contributed by atoms with Gasteiger partial charge in [-0.1, -0.05) is 13.8 Å². The van der Waals surface area contributed by atoms with Crippen LogP contribution in [0.4, 0.5) is 0 Å². The summed E-state index contributed by atoms with van der Waals surface area (Å²) in [6.45, 7) is 6.00. The quantitative estimate of drug-likeness (QED) is 0.918. The summed E-state index contributed by atoms with van der Waals surface area (Å²) in [6.07, 6.45) is 2.22. The lowest BCUT2D eigenvalue weighted by atomic mass is 9.89. The molecule has 3 nitrogen and oxygen atoms in total. The highest BCUT2D eigenvalue weighted by atomic mass is 32.1. The average Bonchev–Trinajstić information content (AvgIpc) is 2.80. The van der Waals surface area contributed by atoms with E-state index in [0.717, 1.165) is 25.9 Å². The largest absolute Gasteiger partial charge is 0.352 e. The van der Waals surface area contributed by atoms with Gasteiger partial charge in [-0.3, -0.25) is 4.79 Å². The SMILES string of the molecule is CC(C)C(=O)NC1CC(Cc2ccsc2)CN(C)C1. The molecule has 0 radical (unpaired) electrons. The Kier molecular flexibility index (Phi) is 4.99. The Morgan fingerprint density at radius 3 is 2.95 bits per heavy atom. The minimum atomic E-state index is 0.0718. The summed E-state index contributed by atoms with van der Waals surface area (Å²) in [5.41, 5.74) is 1.43. The number of hydrogen-bond donors (Lipinski definition) is 1. The summed E-state index contributed by atoms with van der Waals surface area (Å²) in [6, 6.07) is 2.51. The second kappa shape index (κ2) is 6.53. The van der Waals surface area contributed by atoms with Crippen molar-refractivity contribution in [2.24, 2.45) is 11.8 Å². The van der Waals surface area contributed by atoms with Crippen LogP contribution in [0.5, 0.6) is 0 Å². The van der Waals surface area contributed by atoms with Crippen LogP contribution in [-0.2, 0) is 11.2 Å². The fourth-order valence-electron chi connectivity index (χ4n) is 2.81. The van der Waals surface area contributed by atoms with E-state index in [1.54, 1.807) is 11.3 Å². The molecule has 1 saturated heterocycles. The zero-order valence-electron chi connectivity index (χ0n) is 12.1. The van der Waals surface area contributed by atoms with Crippen molar-refractivity contribution in [1.82, 2.24) is 10.2 Å². The molecular weight excluding hydrogens is 256 g/mol. The molecule has 106 valence electrons. The zero-order valence-corrected chi connectivity index (χ0v) is 12.9. The van der Waals surface area contributed by atoms with Crippen LogP contribution in [0, 0.1) is 11.8 Å². The summed E-state index contributed by atoms with van der Waals surface area (Å²) in [5, 5.41) is 7.55. The van der Waals surface area contributed by atoms with Crippen molar-refractivity contribution in [3.05, 3.63) is 22.4 Å². The van der Waals surface area contributed by atoms with Crippen molar-refractivity contribution >= 4 is 17.2 Å². The van der Waals surface area contributed by atoms with Gasteiger partial charge in [0.1, 0.15) is 0 Å². The molecule has 0 aromatic carbocycles. The minimum absolute atomic E-state index is 0.0718. The summed E-state index contributed by atoms with van der Waals surface area (Å²) >= 11 is 1.76. The Hall–Kier alpha value is -0.870. The van der Waals surface area contributed by atoms with E-state index in [1.165, 1.54) is 5.56 Å². The molecule has 1 aliphatic rings. The van der Waals surface area contributed by atoms with E-state index >= 15 is 0 Å². The predicted molar refractivity (Wildman–Crippen MR) is 80.4 cm³/mol. The fourth-order valence-corrected chi connectivity index (χ4v) is 3.49. The topological polar surface area (TPSA) is 32.3 Å². The molecule has 0 aliphatic carbocycles. The molecule has 1 aromatic heterocycles. The van der Waals surface area contributed by atoms with Crippen molar-refractivity contribution in [2.45, 2.75) is 32.7 Å². The predicted octanol–water partition coefficient (Wildman–Crippen LogP) is 2.38. The zero-order chi connectivity index (χ0) is 13.8. The highest BCUT2D eigenvalue weighted by Gasteiger charge is 2.27. The van der Waals surface area contributed by atoms with Crippen LogP contribution in [0.25, 0.3) is 0 Å². The Morgan fingerprint density at radius 2 is 2.32 bits per heavy atom. The van der Waals surface area contributed by atoms with Crippen LogP contribution in [-0.4, -0.2) is 37.0 Å². The monoisotopic (exact) mass is 280 g/mol. The first-order chi connectivity index (χ1) is 9.04. The first-order valence-corrected chi connectivity index (χ1v) is 7.99. The maximum absolute atomic E-state index is 11.8. The van der Waals surface area contributed by atoms with Crippen molar-refractivity contribution in [3.8, 4) is 0 Å². The number of carbonyl (C=O) groups is 1. The lowest BCUT2D eigenvalue weighted by Gasteiger charge is -2.36. The molecule has 4 heteroatoms. The Morgan fingerprint density at radius 1 is 1.53 bits per heavy atom. The Bertz CT molecular complexity index is 402. The summed E-state index contributed by atoms with van der Waals surface area (Å²) < 4.78 is 0. The van der Waals surface area contributed by atoms with E-state index in [2.05, 4.69) is 34.1 Å². The number of rotatable bonds is 4. The second-order valence-corrected chi connectivity index (χ2v) is 6.80. The van der Waals surface area contributed by atoms with Gasteiger partial charge in [0.2, 0.25) is 5.91 Å².